The summed E-state index contributed by atoms with van der Waals surface area (Å²) in [6, 6.07) is 5.58. The second-order valence-corrected chi connectivity index (χ2v) is 3.42. The Morgan fingerprint density at radius 2 is 2.36 bits per heavy atom. The van der Waals surface area contributed by atoms with Crippen molar-refractivity contribution < 1.29 is 4.74 Å². The van der Waals surface area contributed by atoms with Crippen molar-refractivity contribution in [2.75, 3.05) is 6.61 Å². The van der Waals surface area contributed by atoms with Crippen LogP contribution in [0.5, 0.6) is 0 Å². The first-order valence-electron chi connectivity index (χ1n) is 4.51. The molecule has 2 aromatic rings. The number of nitrogens with one attached hydrogen (secondary N) is 1. The molecule has 0 aliphatic rings. The zero-order valence-corrected chi connectivity index (χ0v) is 8.64. The van der Waals surface area contributed by atoms with Gasteiger partial charge in [0.15, 0.2) is 0 Å². The second kappa shape index (κ2) is 3.98. The summed E-state index contributed by atoms with van der Waals surface area (Å²) in [6.45, 7) is 3.17. The molecule has 1 N–H and O–H groups in total. The van der Waals surface area contributed by atoms with Crippen LogP contribution in [0.1, 0.15) is 12.7 Å². The lowest BCUT2D eigenvalue weighted by Crippen LogP contribution is -1.93. The molecule has 0 unspecified atom stereocenters. The van der Waals surface area contributed by atoms with E-state index in [0.29, 0.717) is 18.2 Å². The van der Waals surface area contributed by atoms with Gasteiger partial charge in [-0.1, -0.05) is 11.6 Å². The Morgan fingerprint density at radius 3 is 3.14 bits per heavy atom. The van der Waals surface area contributed by atoms with Crippen molar-refractivity contribution >= 4 is 22.6 Å². The molecule has 0 amide bonds. The average molecular weight is 211 g/mol. The average Bonchev–Trinajstić information content (AvgIpc) is 2.56. The molecule has 0 aliphatic heterocycles. The summed E-state index contributed by atoms with van der Waals surface area (Å²) in [5.41, 5.74) is 1.87. The maximum absolute atomic E-state index is 5.85. The summed E-state index contributed by atoms with van der Waals surface area (Å²) in [5, 5.41) is 0.712. The zero-order valence-electron chi connectivity index (χ0n) is 7.88. The van der Waals surface area contributed by atoms with E-state index >= 15 is 0 Å². The van der Waals surface area contributed by atoms with Gasteiger partial charge in [0.1, 0.15) is 12.4 Å². The number of aromatic nitrogens is 2. The first kappa shape index (κ1) is 9.49. The van der Waals surface area contributed by atoms with E-state index < -0.39 is 0 Å². The highest BCUT2D eigenvalue weighted by molar-refractivity contribution is 6.31. The van der Waals surface area contributed by atoms with Gasteiger partial charge in [0.05, 0.1) is 11.0 Å². The van der Waals surface area contributed by atoms with E-state index in [0.717, 1.165) is 16.9 Å². The van der Waals surface area contributed by atoms with Gasteiger partial charge < -0.3 is 9.72 Å². The molecule has 1 aromatic carbocycles. The molecule has 0 bridgehead atoms. The van der Waals surface area contributed by atoms with Gasteiger partial charge in [-0.05, 0) is 25.1 Å². The van der Waals surface area contributed by atoms with Crippen LogP contribution >= 0.6 is 11.6 Å². The van der Waals surface area contributed by atoms with Gasteiger partial charge in [0, 0.05) is 11.6 Å². The van der Waals surface area contributed by atoms with Crippen LogP contribution in [-0.4, -0.2) is 16.6 Å². The van der Waals surface area contributed by atoms with Crippen molar-refractivity contribution in [3.05, 3.63) is 29.0 Å². The number of rotatable bonds is 3. The predicted molar refractivity (Wildman–Crippen MR) is 56.4 cm³/mol. The quantitative estimate of drug-likeness (QED) is 0.846. The van der Waals surface area contributed by atoms with Crippen molar-refractivity contribution in [3.63, 3.8) is 0 Å². The highest BCUT2D eigenvalue weighted by Gasteiger charge is 2.02. The third-order valence-corrected chi connectivity index (χ3v) is 2.17. The Balaban J connectivity index is 2.32. The van der Waals surface area contributed by atoms with Gasteiger partial charge in [0.25, 0.3) is 0 Å². The standard InChI is InChI=1S/C10H11ClN2O/c1-2-14-6-10-12-8-4-3-7(11)5-9(8)13-10/h3-5H,2,6H2,1H3,(H,12,13). The minimum atomic E-state index is 0.517. The van der Waals surface area contributed by atoms with E-state index in [2.05, 4.69) is 9.97 Å². The fourth-order valence-corrected chi connectivity index (χ4v) is 1.47. The number of benzene rings is 1. The summed E-state index contributed by atoms with van der Waals surface area (Å²) in [6.07, 6.45) is 0. The van der Waals surface area contributed by atoms with Crippen molar-refractivity contribution in [2.24, 2.45) is 0 Å². The van der Waals surface area contributed by atoms with Crippen molar-refractivity contribution in [2.45, 2.75) is 13.5 Å². The minimum Gasteiger partial charge on any atom is -0.374 e. The first-order valence-corrected chi connectivity index (χ1v) is 4.89. The Morgan fingerprint density at radius 1 is 1.50 bits per heavy atom. The topological polar surface area (TPSA) is 37.9 Å². The van der Waals surface area contributed by atoms with Crippen LogP contribution in [0, 0.1) is 0 Å². The second-order valence-electron chi connectivity index (χ2n) is 2.98. The molecule has 74 valence electrons. The van der Waals surface area contributed by atoms with Gasteiger partial charge in [-0.3, -0.25) is 0 Å². The SMILES string of the molecule is CCOCc1nc2ccc(Cl)cc2[nH]1. The van der Waals surface area contributed by atoms with Crippen molar-refractivity contribution in [1.82, 2.24) is 9.97 Å². The molecule has 0 spiro atoms. The molecule has 3 nitrogen and oxygen atoms in total. The van der Waals surface area contributed by atoms with Gasteiger partial charge in [-0.2, -0.15) is 0 Å². The molecule has 0 atom stereocenters. The summed E-state index contributed by atoms with van der Waals surface area (Å²) < 4.78 is 5.25. The highest BCUT2D eigenvalue weighted by atomic mass is 35.5. The van der Waals surface area contributed by atoms with E-state index in [1.165, 1.54) is 0 Å². The fourth-order valence-electron chi connectivity index (χ4n) is 1.30. The molecule has 1 aromatic heterocycles. The Labute approximate surface area is 87.1 Å². The van der Waals surface area contributed by atoms with E-state index in [1.54, 1.807) is 0 Å². The molecular weight excluding hydrogens is 200 g/mol. The van der Waals surface area contributed by atoms with Crippen LogP contribution in [0.25, 0.3) is 11.0 Å². The van der Waals surface area contributed by atoms with Gasteiger partial charge >= 0.3 is 0 Å². The Bertz CT molecular complexity index is 439. The number of fused-ring (bicyclic) bond motifs is 1. The van der Waals surface area contributed by atoms with Gasteiger partial charge in [0.2, 0.25) is 0 Å². The van der Waals surface area contributed by atoms with E-state index in [-0.39, 0.29) is 0 Å². The number of H-pyrrole nitrogens is 1. The largest absolute Gasteiger partial charge is 0.374 e. The molecule has 0 radical (unpaired) electrons. The van der Waals surface area contributed by atoms with Crippen LogP contribution < -0.4 is 0 Å². The van der Waals surface area contributed by atoms with Crippen LogP contribution in [0.2, 0.25) is 5.02 Å². The van der Waals surface area contributed by atoms with Crippen molar-refractivity contribution in [3.8, 4) is 0 Å². The van der Waals surface area contributed by atoms with Crippen LogP contribution in [0.4, 0.5) is 0 Å². The maximum Gasteiger partial charge on any atom is 0.133 e. The molecule has 0 fully saturated rings. The lowest BCUT2D eigenvalue weighted by Gasteiger charge is -1.94. The normalized spacial score (nSPS) is 11.0. The molecular formula is C10H11ClN2O. The molecule has 1 heterocycles. The van der Waals surface area contributed by atoms with Crippen LogP contribution in [0.15, 0.2) is 18.2 Å². The molecule has 14 heavy (non-hydrogen) atoms. The molecule has 0 saturated heterocycles. The number of imidazole rings is 1. The van der Waals surface area contributed by atoms with Crippen LogP contribution in [-0.2, 0) is 11.3 Å². The maximum atomic E-state index is 5.85. The number of aromatic amines is 1. The highest BCUT2D eigenvalue weighted by Crippen LogP contribution is 2.17. The molecule has 4 heteroatoms. The van der Waals surface area contributed by atoms with Crippen molar-refractivity contribution in [1.29, 1.82) is 0 Å². The molecule has 0 saturated carbocycles. The third-order valence-electron chi connectivity index (χ3n) is 1.94. The Hall–Kier alpha value is -1.06. The summed E-state index contributed by atoms with van der Waals surface area (Å²) >= 11 is 5.85. The van der Waals surface area contributed by atoms with E-state index in [9.17, 15) is 0 Å². The van der Waals surface area contributed by atoms with E-state index in [1.807, 2.05) is 25.1 Å². The number of nitrogens with zero attached hydrogens (tertiary/aromatic N) is 1. The summed E-state index contributed by atoms with van der Waals surface area (Å²) in [4.78, 5) is 7.50. The number of hydrogen-bond acceptors (Lipinski definition) is 2. The lowest BCUT2D eigenvalue weighted by molar-refractivity contribution is 0.129. The smallest absolute Gasteiger partial charge is 0.133 e. The number of halogens is 1. The summed E-state index contributed by atoms with van der Waals surface area (Å²) in [5.74, 6) is 0.837. The van der Waals surface area contributed by atoms with Gasteiger partial charge in [-0.25, -0.2) is 4.98 Å². The Kier molecular flexibility index (Phi) is 2.70. The minimum absolute atomic E-state index is 0.517. The zero-order chi connectivity index (χ0) is 9.97. The number of ether oxygens (including phenoxy) is 1. The third kappa shape index (κ3) is 1.89. The first-order chi connectivity index (χ1) is 6.79. The summed E-state index contributed by atoms with van der Waals surface area (Å²) in [7, 11) is 0. The van der Waals surface area contributed by atoms with Crippen LogP contribution in [0.3, 0.4) is 0 Å². The molecule has 0 aliphatic carbocycles. The van der Waals surface area contributed by atoms with E-state index in [4.69, 9.17) is 16.3 Å². The lowest BCUT2D eigenvalue weighted by atomic mass is 10.3. The van der Waals surface area contributed by atoms with Gasteiger partial charge in [-0.15, -0.1) is 0 Å². The fraction of sp³-hybridized carbons (Fsp3) is 0.300. The monoisotopic (exact) mass is 210 g/mol. The predicted octanol–water partition coefficient (Wildman–Crippen LogP) is 2.75. The molecule has 2 rings (SSSR count). The number of hydrogen-bond donors (Lipinski definition) is 1.